The summed E-state index contributed by atoms with van der Waals surface area (Å²) in [5.41, 5.74) is 16.1. The third-order valence-corrected chi connectivity index (χ3v) is 13.2. The molecule has 300 valence electrons. The van der Waals surface area contributed by atoms with Crippen LogP contribution in [0.25, 0.3) is 77.1 Å². The molecule has 12 rings (SSSR count). The molecular formula is C58H43N5. The van der Waals surface area contributed by atoms with Gasteiger partial charge in [-0.3, -0.25) is 10.3 Å². The molecular weight excluding hydrogens is 767 g/mol. The van der Waals surface area contributed by atoms with Gasteiger partial charge in [0.15, 0.2) is 0 Å². The van der Waals surface area contributed by atoms with Crippen molar-refractivity contribution in [1.29, 1.82) is 0 Å². The van der Waals surface area contributed by atoms with Gasteiger partial charge in [0.25, 0.3) is 0 Å². The Morgan fingerprint density at radius 3 is 2.00 bits per heavy atom. The average Bonchev–Trinajstić information content (AvgIpc) is 3.59. The Balaban J connectivity index is 1.01. The predicted molar refractivity (Wildman–Crippen MR) is 260 cm³/mol. The fourth-order valence-corrected chi connectivity index (χ4v) is 9.97. The molecule has 2 aliphatic rings. The van der Waals surface area contributed by atoms with Crippen LogP contribution in [-0.2, 0) is 5.41 Å². The lowest BCUT2D eigenvalue weighted by Gasteiger charge is -2.32. The van der Waals surface area contributed by atoms with E-state index in [1.807, 2.05) is 18.5 Å². The van der Waals surface area contributed by atoms with Gasteiger partial charge >= 0.3 is 0 Å². The SMILES string of the molecule is CC1(C)c2ccc(-c3cc(-c4ccc(-c5nc6ccccc6c6ccncc56)cc4)cc(C4NC(c5ccccc5)=NC(c5ccccc5)N4)c3)cc2-c2c1ccc1ccccc21. The first-order valence-corrected chi connectivity index (χ1v) is 21.7. The van der Waals surface area contributed by atoms with E-state index in [4.69, 9.17) is 9.98 Å². The molecule has 2 aromatic heterocycles. The van der Waals surface area contributed by atoms with Crippen molar-refractivity contribution in [2.45, 2.75) is 31.6 Å². The van der Waals surface area contributed by atoms with Crippen molar-refractivity contribution in [1.82, 2.24) is 20.6 Å². The molecule has 2 N–H and O–H groups in total. The van der Waals surface area contributed by atoms with E-state index < -0.39 is 0 Å². The number of amidine groups is 1. The van der Waals surface area contributed by atoms with Crippen LogP contribution in [0.2, 0.25) is 0 Å². The second-order valence-corrected chi connectivity index (χ2v) is 17.3. The zero-order valence-electron chi connectivity index (χ0n) is 35.0. The summed E-state index contributed by atoms with van der Waals surface area (Å²) in [7, 11) is 0. The number of fused-ring (bicyclic) bond motifs is 8. The molecule has 0 amide bonds. The van der Waals surface area contributed by atoms with Crippen LogP contribution in [0.15, 0.2) is 205 Å². The van der Waals surface area contributed by atoms with E-state index in [0.717, 1.165) is 72.1 Å². The highest BCUT2D eigenvalue weighted by Gasteiger charge is 2.36. The minimum Gasteiger partial charge on any atom is -0.350 e. The van der Waals surface area contributed by atoms with Gasteiger partial charge in [-0.05, 0) is 108 Å². The molecule has 5 heteroatoms. The molecule has 0 radical (unpaired) electrons. The molecule has 2 atom stereocenters. The molecule has 8 aromatic carbocycles. The molecule has 63 heavy (non-hydrogen) atoms. The first-order valence-electron chi connectivity index (χ1n) is 21.7. The third-order valence-electron chi connectivity index (χ3n) is 13.2. The molecule has 1 aliphatic carbocycles. The highest BCUT2D eigenvalue weighted by Crippen LogP contribution is 2.52. The van der Waals surface area contributed by atoms with Crippen molar-refractivity contribution in [3.05, 3.63) is 228 Å². The van der Waals surface area contributed by atoms with Crippen LogP contribution in [-0.4, -0.2) is 15.8 Å². The largest absolute Gasteiger partial charge is 0.350 e. The minimum atomic E-state index is -0.246. The highest BCUT2D eigenvalue weighted by molar-refractivity contribution is 6.10. The fraction of sp³-hybridized carbons (Fsp3) is 0.0862. The number of aromatic nitrogens is 2. The van der Waals surface area contributed by atoms with Gasteiger partial charge in [-0.25, -0.2) is 9.98 Å². The smallest absolute Gasteiger partial charge is 0.131 e. The Morgan fingerprint density at radius 2 is 1.17 bits per heavy atom. The Labute approximate surface area is 366 Å². The van der Waals surface area contributed by atoms with E-state index in [-0.39, 0.29) is 17.7 Å². The Hall–Kier alpha value is -7.73. The van der Waals surface area contributed by atoms with Gasteiger partial charge < -0.3 is 5.32 Å². The summed E-state index contributed by atoms with van der Waals surface area (Å²) in [6.45, 7) is 4.72. The summed E-state index contributed by atoms with van der Waals surface area (Å²) in [4.78, 5) is 14.9. The number of hydrogen-bond acceptors (Lipinski definition) is 5. The van der Waals surface area contributed by atoms with E-state index in [2.05, 4.69) is 211 Å². The quantitative estimate of drug-likeness (QED) is 0.164. The van der Waals surface area contributed by atoms with E-state index in [1.165, 1.54) is 38.6 Å². The minimum absolute atomic E-state index is 0.112. The fourth-order valence-electron chi connectivity index (χ4n) is 9.97. The van der Waals surface area contributed by atoms with Gasteiger partial charge in [0.1, 0.15) is 18.2 Å². The number of para-hydroxylation sites is 1. The lowest BCUT2D eigenvalue weighted by molar-refractivity contribution is 0.409. The molecule has 3 heterocycles. The number of nitrogens with one attached hydrogen (secondary N) is 2. The summed E-state index contributed by atoms with van der Waals surface area (Å²) < 4.78 is 0. The van der Waals surface area contributed by atoms with Crippen molar-refractivity contribution < 1.29 is 0 Å². The second-order valence-electron chi connectivity index (χ2n) is 17.3. The number of pyridine rings is 2. The highest BCUT2D eigenvalue weighted by atomic mass is 15.3. The lowest BCUT2D eigenvalue weighted by atomic mass is 9.81. The molecule has 5 nitrogen and oxygen atoms in total. The van der Waals surface area contributed by atoms with Crippen molar-refractivity contribution >= 4 is 38.3 Å². The van der Waals surface area contributed by atoms with Gasteiger partial charge in [0.05, 0.1) is 11.2 Å². The average molecular weight is 810 g/mol. The standard InChI is InChI=1S/C58H43N5/c1-58(2)50-27-26-41(34-48(50)53-45-18-10-9-13-37(45)25-28-51(53)58)43-31-42(36-21-23-38(24-22-36)54-49-35-59-30-29-46(49)47-19-11-12-20-52(47)60-54)32-44(33-43)57-62-55(39-14-5-3-6-15-39)61-56(63-57)40-16-7-4-8-17-40/h3-35,55,57,62H,1-2H3,(H,61,63). The first-order chi connectivity index (χ1) is 31.0. The van der Waals surface area contributed by atoms with Gasteiger partial charge in [-0.2, -0.15) is 0 Å². The zero-order chi connectivity index (χ0) is 42.1. The predicted octanol–water partition coefficient (Wildman–Crippen LogP) is 13.6. The Bertz CT molecular complexity index is 3430. The Kier molecular flexibility index (Phi) is 8.66. The normalized spacial score (nSPS) is 16.4. The summed E-state index contributed by atoms with van der Waals surface area (Å²) in [6.07, 6.45) is 3.32. The topological polar surface area (TPSA) is 62.2 Å². The molecule has 0 bridgehead atoms. The van der Waals surface area contributed by atoms with Crippen LogP contribution in [0.5, 0.6) is 0 Å². The van der Waals surface area contributed by atoms with Crippen molar-refractivity contribution in [3.63, 3.8) is 0 Å². The number of nitrogens with zero attached hydrogens (tertiary/aromatic N) is 3. The third kappa shape index (κ3) is 6.31. The number of rotatable bonds is 6. The number of benzene rings is 8. The van der Waals surface area contributed by atoms with Crippen LogP contribution < -0.4 is 10.6 Å². The van der Waals surface area contributed by atoms with E-state index in [1.54, 1.807) is 0 Å². The van der Waals surface area contributed by atoms with Crippen LogP contribution in [0.3, 0.4) is 0 Å². The molecule has 0 saturated heterocycles. The number of aliphatic imine (C=N–C) groups is 1. The summed E-state index contributed by atoms with van der Waals surface area (Å²) in [6, 6.07) is 67.8. The van der Waals surface area contributed by atoms with E-state index in [0.29, 0.717) is 0 Å². The summed E-state index contributed by atoms with van der Waals surface area (Å²) >= 11 is 0. The lowest BCUT2D eigenvalue weighted by Crippen LogP contribution is -2.45. The second kappa shape index (κ2) is 14.7. The van der Waals surface area contributed by atoms with Gasteiger partial charge in [0.2, 0.25) is 0 Å². The number of hydrogen-bond donors (Lipinski definition) is 2. The van der Waals surface area contributed by atoms with Crippen LogP contribution in [0.4, 0.5) is 0 Å². The van der Waals surface area contributed by atoms with Crippen molar-refractivity contribution in [3.8, 4) is 44.6 Å². The monoisotopic (exact) mass is 809 g/mol. The molecule has 0 fully saturated rings. The van der Waals surface area contributed by atoms with Gasteiger partial charge in [-0.1, -0.05) is 166 Å². The molecule has 0 spiro atoms. The van der Waals surface area contributed by atoms with Gasteiger partial charge in [0, 0.05) is 39.7 Å². The Morgan fingerprint density at radius 1 is 0.492 bits per heavy atom. The van der Waals surface area contributed by atoms with Crippen LogP contribution in [0, 0.1) is 0 Å². The van der Waals surface area contributed by atoms with Gasteiger partial charge in [-0.15, -0.1) is 0 Å². The first kappa shape index (κ1) is 37.1. The molecule has 1 aliphatic heterocycles. The molecule has 0 saturated carbocycles. The van der Waals surface area contributed by atoms with Crippen LogP contribution in [0.1, 0.15) is 54.0 Å². The molecule has 10 aromatic rings. The van der Waals surface area contributed by atoms with Crippen molar-refractivity contribution in [2.24, 2.45) is 4.99 Å². The van der Waals surface area contributed by atoms with Crippen molar-refractivity contribution in [2.75, 3.05) is 0 Å². The van der Waals surface area contributed by atoms with E-state index >= 15 is 0 Å². The zero-order valence-corrected chi connectivity index (χ0v) is 35.0. The van der Waals surface area contributed by atoms with E-state index in [9.17, 15) is 0 Å². The maximum absolute atomic E-state index is 5.22. The maximum Gasteiger partial charge on any atom is 0.131 e. The summed E-state index contributed by atoms with van der Waals surface area (Å²) in [5, 5.41) is 13.6. The maximum atomic E-state index is 5.22. The van der Waals surface area contributed by atoms with Crippen LogP contribution >= 0.6 is 0 Å². The summed E-state index contributed by atoms with van der Waals surface area (Å²) in [5.74, 6) is 0.859. The molecule has 2 unspecified atom stereocenters.